The minimum Gasteiger partial charge on any atom is -0.465 e. The maximum Gasteiger partial charge on any atom is 0.416 e. The molecule has 12 heteroatoms. The molecule has 180 valence electrons. The maximum absolute atomic E-state index is 14.6. The molecule has 2 atom stereocenters. The van der Waals surface area contributed by atoms with Crippen molar-refractivity contribution in [3.05, 3.63) is 52.2 Å². The molecule has 1 aromatic carbocycles. The molecule has 2 aliphatic heterocycles. The lowest BCUT2D eigenvalue weighted by molar-refractivity contribution is -0.118. The molecule has 35 heavy (non-hydrogen) atoms. The number of ether oxygens (including phenoxy) is 2. The normalized spacial score (nSPS) is 22.7. The summed E-state index contributed by atoms with van der Waals surface area (Å²) in [6.07, 6.45) is 1.81. The predicted molar refractivity (Wildman–Crippen MR) is 122 cm³/mol. The second-order valence-electron chi connectivity index (χ2n) is 8.89. The van der Waals surface area contributed by atoms with Crippen LogP contribution < -0.4 is 25.8 Å². The van der Waals surface area contributed by atoms with E-state index >= 15 is 0 Å². The Morgan fingerprint density at radius 1 is 1.26 bits per heavy atom. The number of hydrogen-bond acceptors (Lipinski definition) is 8. The number of amides is 2. The number of fused-ring (bicyclic) bond motifs is 2. The van der Waals surface area contributed by atoms with Gasteiger partial charge < -0.3 is 24.7 Å². The Hall–Kier alpha value is -4.06. The first-order valence-electron chi connectivity index (χ1n) is 11.2. The fourth-order valence-electron chi connectivity index (χ4n) is 4.74. The number of carbonyl (C=O) groups is 2. The van der Waals surface area contributed by atoms with Crippen LogP contribution >= 0.6 is 0 Å². The number of carbonyl (C=O) groups excluding carboxylic acids is 2. The van der Waals surface area contributed by atoms with E-state index in [-0.39, 0.29) is 54.0 Å². The molecule has 3 aromatic rings. The number of aryl methyl sites for hydroxylation is 1. The molecule has 3 aliphatic rings. The van der Waals surface area contributed by atoms with Gasteiger partial charge in [0.15, 0.2) is 18.2 Å². The molecule has 2 aromatic heterocycles. The fourth-order valence-corrected chi connectivity index (χ4v) is 4.74. The van der Waals surface area contributed by atoms with Crippen molar-refractivity contribution >= 4 is 34.5 Å². The molecule has 2 fully saturated rings. The summed E-state index contributed by atoms with van der Waals surface area (Å²) in [5.41, 5.74) is 0.125. The molecule has 1 saturated carbocycles. The van der Waals surface area contributed by atoms with E-state index in [0.717, 1.165) is 5.39 Å². The van der Waals surface area contributed by atoms with Crippen LogP contribution in [0.4, 0.5) is 20.8 Å². The quantitative estimate of drug-likeness (QED) is 0.556. The lowest BCUT2D eigenvalue weighted by Crippen LogP contribution is -2.33. The number of rotatable bonds is 5. The lowest BCUT2D eigenvalue weighted by Gasteiger charge is -2.18. The van der Waals surface area contributed by atoms with Crippen molar-refractivity contribution in [2.75, 3.05) is 29.9 Å². The summed E-state index contributed by atoms with van der Waals surface area (Å²) < 4.78 is 26.9. The van der Waals surface area contributed by atoms with Crippen molar-refractivity contribution in [2.24, 2.45) is 7.05 Å². The number of nitrogens with zero attached hydrogens (tertiary/aromatic N) is 4. The molecule has 1 spiro atoms. The van der Waals surface area contributed by atoms with Crippen LogP contribution in [0.25, 0.3) is 10.9 Å². The van der Waals surface area contributed by atoms with E-state index in [1.807, 2.05) is 0 Å². The van der Waals surface area contributed by atoms with Gasteiger partial charge in [-0.2, -0.15) is 0 Å². The summed E-state index contributed by atoms with van der Waals surface area (Å²) in [5, 5.41) is 6.70. The zero-order valence-corrected chi connectivity index (χ0v) is 18.7. The average Bonchev–Trinajstić information content (AvgIpc) is 3.39. The van der Waals surface area contributed by atoms with Crippen LogP contribution in [0.5, 0.6) is 5.88 Å². The van der Waals surface area contributed by atoms with Crippen LogP contribution in [0.1, 0.15) is 12.0 Å². The number of anilines is 2. The third-order valence-corrected chi connectivity index (χ3v) is 6.66. The Morgan fingerprint density at radius 3 is 2.94 bits per heavy atom. The summed E-state index contributed by atoms with van der Waals surface area (Å²) in [6.45, 7) is 0.566. The van der Waals surface area contributed by atoms with Crippen molar-refractivity contribution in [3.63, 3.8) is 0 Å². The smallest absolute Gasteiger partial charge is 0.416 e. The first-order chi connectivity index (χ1) is 16.8. The molecule has 2 amide bonds. The first-order valence-corrected chi connectivity index (χ1v) is 11.2. The SMILES string of the molecule is Cn1c(=O)ccc2ccc(F)c(CCNC3CC34CN(c3cnc5c(n3)NC(=O)CO5)C(=O)O4)c21. The molecule has 1 saturated heterocycles. The first kappa shape index (κ1) is 21.5. The van der Waals surface area contributed by atoms with Crippen LogP contribution in [-0.4, -0.2) is 57.9 Å². The zero-order valence-electron chi connectivity index (χ0n) is 18.7. The van der Waals surface area contributed by atoms with Crippen LogP contribution in [0, 0.1) is 5.82 Å². The second kappa shape index (κ2) is 7.73. The van der Waals surface area contributed by atoms with Crippen LogP contribution in [0.15, 0.2) is 35.3 Å². The van der Waals surface area contributed by atoms with Gasteiger partial charge in [-0.05, 0) is 36.6 Å². The van der Waals surface area contributed by atoms with Gasteiger partial charge in [0.1, 0.15) is 11.4 Å². The van der Waals surface area contributed by atoms with Gasteiger partial charge in [0.2, 0.25) is 0 Å². The van der Waals surface area contributed by atoms with Gasteiger partial charge in [-0.1, -0.05) is 0 Å². The molecule has 4 heterocycles. The molecule has 0 bridgehead atoms. The van der Waals surface area contributed by atoms with Gasteiger partial charge in [0.05, 0.1) is 24.3 Å². The lowest BCUT2D eigenvalue weighted by atomic mass is 10.1. The largest absolute Gasteiger partial charge is 0.465 e. The summed E-state index contributed by atoms with van der Waals surface area (Å²) in [5.74, 6) is -0.116. The summed E-state index contributed by atoms with van der Waals surface area (Å²) in [4.78, 5) is 46.0. The van der Waals surface area contributed by atoms with Crippen molar-refractivity contribution in [3.8, 4) is 5.88 Å². The molecule has 2 N–H and O–H groups in total. The van der Waals surface area contributed by atoms with Crippen molar-refractivity contribution < 1.29 is 23.5 Å². The minimum absolute atomic E-state index is 0.105. The van der Waals surface area contributed by atoms with Crippen LogP contribution in [0.3, 0.4) is 0 Å². The number of hydrogen-bond donors (Lipinski definition) is 2. The van der Waals surface area contributed by atoms with E-state index < -0.39 is 11.7 Å². The van der Waals surface area contributed by atoms with Gasteiger partial charge >= 0.3 is 6.09 Å². The Kier molecular flexibility index (Phi) is 4.74. The molecular formula is C23H21FN6O5. The Bertz CT molecular complexity index is 1460. The van der Waals surface area contributed by atoms with E-state index in [0.29, 0.717) is 30.5 Å². The topological polar surface area (TPSA) is 128 Å². The summed E-state index contributed by atoms with van der Waals surface area (Å²) >= 11 is 0. The Morgan fingerprint density at radius 2 is 2.09 bits per heavy atom. The van der Waals surface area contributed by atoms with Gasteiger partial charge in [0, 0.05) is 25.1 Å². The van der Waals surface area contributed by atoms with Gasteiger partial charge in [-0.15, -0.1) is 0 Å². The number of pyridine rings is 1. The van der Waals surface area contributed by atoms with Crippen molar-refractivity contribution in [1.82, 2.24) is 19.9 Å². The van der Waals surface area contributed by atoms with Gasteiger partial charge in [0.25, 0.3) is 17.3 Å². The van der Waals surface area contributed by atoms with E-state index in [4.69, 9.17) is 9.47 Å². The molecular weight excluding hydrogens is 459 g/mol. The second-order valence-corrected chi connectivity index (χ2v) is 8.89. The van der Waals surface area contributed by atoms with Crippen LogP contribution in [0.2, 0.25) is 0 Å². The van der Waals surface area contributed by atoms with E-state index in [9.17, 15) is 18.8 Å². The van der Waals surface area contributed by atoms with Gasteiger partial charge in [-0.3, -0.25) is 14.5 Å². The Balaban J connectivity index is 1.13. The van der Waals surface area contributed by atoms with E-state index in [2.05, 4.69) is 20.6 Å². The summed E-state index contributed by atoms with van der Waals surface area (Å²) in [7, 11) is 1.63. The predicted octanol–water partition coefficient (Wildman–Crippen LogP) is 1.10. The minimum atomic E-state index is -0.710. The monoisotopic (exact) mass is 480 g/mol. The number of aromatic nitrogens is 3. The highest BCUT2D eigenvalue weighted by Gasteiger charge is 2.63. The van der Waals surface area contributed by atoms with E-state index in [1.165, 1.54) is 27.8 Å². The highest BCUT2D eigenvalue weighted by atomic mass is 19.1. The Labute approximate surface area is 197 Å². The molecule has 11 nitrogen and oxygen atoms in total. The molecule has 0 radical (unpaired) electrons. The molecule has 1 aliphatic carbocycles. The van der Waals surface area contributed by atoms with Crippen molar-refractivity contribution in [2.45, 2.75) is 24.5 Å². The van der Waals surface area contributed by atoms with Crippen molar-refractivity contribution in [1.29, 1.82) is 0 Å². The number of benzene rings is 1. The third kappa shape index (κ3) is 3.57. The number of nitrogens with one attached hydrogen (secondary N) is 2. The molecule has 2 unspecified atom stereocenters. The average molecular weight is 480 g/mol. The zero-order chi connectivity index (χ0) is 24.3. The fraction of sp³-hybridized carbons (Fsp3) is 0.348. The van der Waals surface area contributed by atoms with Gasteiger partial charge in [-0.25, -0.2) is 19.2 Å². The van der Waals surface area contributed by atoms with E-state index in [1.54, 1.807) is 19.2 Å². The highest BCUT2D eigenvalue weighted by Crippen LogP contribution is 2.46. The van der Waals surface area contributed by atoms with Crippen LogP contribution in [-0.2, 0) is 23.0 Å². The molecule has 6 rings (SSSR count). The number of halogens is 1. The maximum atomic E-state index is 14.6. The summed E-state index contributed by atoms with van der Waals surface area (Å²) in [6, 6.07) is 6.11. The standard InChI is InChI=1S/C23H21FN6O5/c1-29-18(32)5-3-12-2-4-14(24)13(19(12)29)6-7-25-15-8-23(15)11-30(22(33)35-23)16-9-26-21-20(27-16)28-17(31)10-34-21/h2-5,9,15,25H,6-8,10-11H2,1H3,(H,27,28,31). The highest BCUT2D eigenvalue weighted by molar-refractivity contribution is 5.95. The third-order valence-electron chi connectivity index (χ3n) is 6.66.